The van der Waals surface area contributed by atoms with Crippen LogP contribution >= 0.6 is 11.6 Å². The molecule has 1 aromatic carbocycles. The Morgan fingerprint density at radius 3 is 2.45 bits per heavy atom. The molecule has 120 valence electrons. The first-order chi connectivity index (χ1) is 10.5. The van der Waals surface area contributed by atoms with Gasteiger partial charge in [0.2, 0.25) is 5.91 Å². The molecule has 6 heteroatoms. The van der Waals surface area contributed by atoms with Gasteiger partial charge in [0.05, 0.1) is 12.0 Å². The first-order valence-electron chi connectivity index (χ1n) is 7.34. The van der Waals surface area contributed by atoms with Crippen LogP contribution in [0.1, 0.15) is 31.2 Å². The molecule has 1 saturated heterocycles. The summed E-state index contributed by atoms with van der Waals surface area (Å²) in [7, 11) is 0. The fourth-order valence-electron chi connectivity index (χ4n) is 2.66. The molecule has 0 radical (unpaired) electrons. The molecule has 1 fully saturated rings. The summed E-state index contributed by atoms with van der Waals surface area (Å²) in [5.41, 5.74) is 0.347. The molecule has 0 saturated carbocycles. The molecule has 1 aromatic rings. The third kappa shape index (κ3) is 5.00. The quantitative estimate of drug-likeness (QED) is 0.842. The van der Waals surface area contributed by atoms with E-state index in [1.54, 1.807) is 12.1 Å². The summed E-state index contributed by atoms with van der Waals surface area (Å²) in [4.78, 5) is 23.2. The summed E-state index contributed by atoms with van der Waals surface area (Å²) in [5, 5.41) is 12.7. The Morgan fingerprint density at radius 2 is 1.86 bits per heavy atom. The van der Waals surface area contributed by atoms with Gasteiger partial charge in [-0.15, -0.1) is 0 Å². The highest BCUT2D eigenvalue weighted by atomic mass is 35.5. The van der Waals surface area contributed by atoms with Gasteiger partial charge in [-0.05, 0) is 37.0 Å². The Bertz CT molecular complexity index is 523. The maximum Gasteiger partial charge on any atom is 0.305 e. The zero-order valence-corrected chi connectivity index (χ0v) is 13.1. The van der Waals surface area contributed by atoms with E-state index in [2.05, 4.69) is 5.32 Å². The number of ether oxygens (including phenoxy) is 1. The maximum absolute atomic E-state index is 12.2. The topological polar surface area (TPSA) is 75.6 Å². The van der Waals surface area contributed by atoms with Crippen LogP contribution in [0.15, 0.2) is 24.3 Å². The Balaban J connectivity index is 1.90. The summed E-state index contributed by atoms with van der Waals surface area (Å²) in [5.74, 6) is -1.03. The number of halogens is 1. The number of amides is 1. The fourth-order valence-corrected chi connectivity index (χ4v) is 2.79. The fraction of sp³-hybridized carbons (Fsp3) is 0.500. The molecule has 2 rings (SSSR count). The summed E-state index contributed by atoms with van der Waals surface area (Å²) in [6.07, 6.45) is 1.92. The van der Waals surface area contributed by atoms with Gasteiger partial charge in [0.25, 0.3) is 0 Å². The van der Waals surface area contributed by atoms with Gasteiger partial charge in [0.15, 0.2) is 0 Å². The van der Waals surface area contributed by atoms with Crippen molar-refractivity contribution in [3.8, 4) is 0 Å². The molecule has 1 amide bonds. The molecular formula is C16H20ClNO4. The van der Waals surface area contributed by atoms with Gasteiger partial charge in [-0.3, -0.25) is 9.59 Å². The predicted octanol–water partition coefficient (Wildman–Crippen LogP) is 2.41. The van der Waals surface area contributed by atoms with Crippen molar-refractivity contribution in [1.29, 1.82) is 0 Å². The van der Waals surface area contributed by atoms with E-state index in [0.29, 0.717) is 43.9 Å². The minimum Gasteiger partial charge on any atom is -0.481 e. The first-order valence-corrected chi connectivity index (χ1v) is 7.72. The lowest BCUT2D eigenvalue weighted by Gasteiger charge is -2.36. The standard InChI is InChI=1S/C16H20ClNO4/c17-13-4-1-12(2-5-13)3-6-14(19)18-16(11-15(20)21)7-9-22-10-8-16/h1-2,4-5H,3,6-11H2,(H,18,19)(H,20,21). The minimum absolute atomic E-state index is 0.0664. The highest BCUT2D eigenvalue weighted by Crippen LogP contribution is 2.25. The van der Waals surface area contributed by atoms with Crippen LogP contribution in [0.3, 0.4) is 0 Å². The van der Waals surface area contributed by atoms with Crippen LogP contribution in [0, 0.1) is 0 Å². The van der Waals surface area contributed by atoms with E-state index >= 15 is 0 Å². The summed E-state index contributed by atoms with van der Waals surface area (Å²) < 4.78 is 5.27. The maximum atomic E-state index is 12.2. The molecule has 1 aliphatic rings. The highest BCUT2D eigenvalue weighted by molar-refractivity contribution is 6.30. The largest absolute Gasteiger partial charge is 0.481 e. The van der Waals surface area contributed by atoms with Gasteiger partial charge in [-0.25, -0.2) is 0 Å². The number of carboxylic acid groups (broad SMARTS) is 1. The number of nitrogens with one attached hydrogen (secondary N) is 1. The van der Waals surface area contributed by atoms with E-state index in [0.717, 1.165) is 5.56 Å². The molecular weight excluding hydrogens is 306 g/mol. The van der Waals surface area contributed by atoms with Crippen LogP contribution < -0.4 is 5.32 Å². The van der Waals surface area contributed by atoms with E-state index < -0.39 is 11.5 Å². The molecule has 0 bridgehead atoms. The number of carbonyl (C=O) groups excluding carboxylic acids is 1. The van der Waals surface area contributed by atoms with Crippen LogP contribution in [-0.2, 0) is 20.7 Å². The average molecular weight is 326 g/mol. The normalized spacial score (nSPS) is 17.0. The molecule has 0 aliphatic carbocycles. The van der Waals surface area contributed by atoms with Crippen LogP contribution in [-0.4, -0.2) is 35.7 Å². The number of hydrogen-bond donors (Lipinski definition) is 2. The second kappa shape index (κ2) is 7.61. The van der Waals surface area contributed by atoms with Crippen molar-refractivity contribution in [2.75, 3.05) is 13.2 Å². The van der Waals surface area contributed by atoms with Crippen molar-refractivity contribution in [2.24, 2.45) is 0 Å². The Hall–Kier alpha value is -1.59. The lowest BCUT2D eigenvalue weighted by molar-refractivity contribution is -0.140. The molecule has 0 unspecified atom stereocenters. The van der Waals surface area contributed by atoms with Gasteiger partial charge < -0.3 is 15.2 Å². The van der Waals surface area contributed by atoms with Crippen molar-refractivity contribution in [1.82, 2.24) is 5.32 Å². The van der Waals surface area contributed by atoms with Gasteiger partial charge in [0.1, 0.15) is 0 Å². The van der Waals surface area contributed by atoms with E-state index in [-0.39, 0.29) is 12.3 Å². The zero-order chi connectivity index (χ0) is 16.0. The van der Waals surface area contributed by atoms with E-state index in [9.17, 15) is 9.59 Å². The third-order valence-corrected chi connectivity index (χ3v) is 4.15. The van der Waals surface area contributed by atoms with Gasteiger partial charge in [-0.2, -0.15) is 0 Å². The Labute approximate surface area is 134 Å². The van der Waals surface area contributed by atoms with Crippen LogP contribution in [0.5, 0.6) is 0 Å². The summed E-state index contributed by atoms with van der Waals surface area (Å²) in [6, 6.07) is 7.35. The van der Waals surface area contributed by atoms with Gasteiger partial charge in [0, 0.05) is 24.7 Å². The van der Waals surface area contributed by atoms with Crippen molar-refractivity contribution < 1.29 is 19.4 Å². The van der Waals surface area contributed by atoms with E-state index in [4.69, 9.17) is 21.4 Å². The number of rotatable bonds is 6. The lowest BCUT2D eigenvalue weighted by atomic mass is 9.86. The molecule has 0 atom stereocenters. The SMILES string of the molecule is O=C(O)CC1(NC(=O)CCc2ccc(Cl)cc2)CCOCC1. The Morgan fingerprint density at radius 1 is 1.23 bits per heavy atom. The van der Waals surface area contributed by atoms with E-state index in [1.165, 1.54) is 0 Å². The minimum atomic E-state index is -0.903. The highest BCUT2D eigenvalue weighted by Gasteiger charge is 2.36. The molecule has 0 aromatic heterocycles. The number of aliphatic carboxylic acids is 1. The smallest absolute Gasteiger partial charge is 0.305 e. The second-order valence-corrected chi connectivity index (χ2v) is 6.07. The molecule has 1 heterocycles. The van der Waals surface area contributed by atoms with Crippen molar-refractivity contribution in [2.45, 2.75) is 37.6 Å². The molecule has 5 nitrogen and oxygen atoms in total. The number of aryl methyl sites for hydroxylation is 1. The van der Waals surface area contributed by atoms with Crippen LogP contribution in [0.4, 0.5) is 0 Å². The number of hydrogen-bond acceptors (Lipinski definition) is 3. The molecule has 0 spiro atoms. The van der Waals surface area contributed by atoms with Crippen molar-refractivity contribution in [3.05, 3.63) is 34.9 Å². The molecule has 1 aliphatic heterocycles. The third-order valence-electron chi connectivity index (χ3n) is 3.90. The number of carbonyl (C=O) groups is 2. The average Bonchev–Trinajstić information content (AvgIpc) is 2.46. The van der Waals surface area contributed by atoms with Crippen molar-refractivity contribution in [3.63, 3.8) is 0 Å². The van der Waals surface area contributed by atoms with Gasteiger partial charge in [-0.1, -0.05) is 23.7 Å². The van der Waals surface area contributed by atoms with Crippen LogP contribution in [0.2, 0.25) is 5.02 Å². The van der Waals surface area contributed by atoms with Gasteiger partial charge >= 0.3 is 5.97 Å². The molecule has 22 heavy (non-hydrogen) atoms. The second-order valence-electron chi connectivity index (χ2n) is 5.64. The number of carboxylic acids is 1. The Kier molecular flexibility index (Phi) is 5.80. The predicted molar refractivity (Wildman–Crippen MR) is 83.0 cm³/mol. The van der Waals surface area contributed by atoms with Crippen molar-refractivity contribution >= 4 is 23.5 Å². The van der Waals surface area contributed by atoms with Crippen LogP contribution in [0.25, 0.3) is 0 Å². The first kappa shape index (κ1) is 16.8. The molecule has 2 N–H and O–H groups in total. The summed E-state index contributed by atoms with van der Waals surface area (Å²) >= 11 is 5.82. The monoisotopic (exact) mass is 325 g/mol. The number of benzene rings is 1. The summed E-state index contributed by atoms with van der Waals surface area (Å²) in [6.45, 7) is 0.954. The zero-order valence-electron chi connectivity index (χ0n) is 12.3. The van der Waals surface area contributed by atoms with E-state index in [1.807, 2.05) is 12.1 Å². The lowest BCUT2D eigenvalue weighted by Crippen LogP contribution is -2.53.